The molecule has 27 heavy (non-hydrogen) atoms. The van der Waals surface area contributed by atoms with Crippen LogP contribution in [0.5, 0.6) is 5.75 Å². The van der Waals surface area contributed by atoms with Gasteiger partial charge < -0.3 is 9.84 Å². The predicted octanol–water partition coefficient (Wildman–Crippen LogP) is 5.01. The van der Waals surface area contributed by atoms with Crippen molar-refractivity contribution in [2.24, 2.45) is 0 Å². The molecule has 1 N–H and O–H groups in total. The quantitative estimate of drug-likeness (QED) is 0.311. The molecule has 3 aromatic rings. The number of carbonyl (C=O) groups is 2. The predicted molar refractivity (Wildman–Crippen MR) is 108 cm³/mol. The van der Waals surface area contributed by atoms with Crippen LogP contribution in [0.2, 0.25) is 0 Å². The first-order chi connectivity index (χ1) is 13.1. The molecule has 0 aliphatic carbocycles. The van der Waals surface area contributed by atoms with E-state index in [2.05, 4.69) is 4.98 Å². The fourth-order valence-electron chi connectivity index (χ4n) is 2.27. The third kappa shape index (κ3) is 5.60. The number of thiazole rings is 1. The summed E-state index contributed by atoms with van der Waals surface area (Å²) in [5.41, 5.74) is 2.40. The number of aliphatic carboxylic acids is 1. The maximum Gasteiger partial charge on any atom is 0.303 e. The molecule has 3 rings (SSSR count). The minimum atomic E-state index is -0.839. The highest BCUT2D eigenvalue weighted by molar-refractivity contribution is 7.14. The summed E-state index contributed by atoms with van der Waals surface area (Å²) in [6.07, 6.45) is 3.74. The van der Waals surface area contributed by atoms with Gasteiger partial charge in [-0.25, -0.2) is 4.98 Å². The largest absolute Gasteiger partial charge is 0.494 e. The molecule has 1 aromatic carbocycles. The molecule has 0 aliphatic rings. The number of thiophene rings is 1. The second-order valence-corrected chi connectivity index (χ2v) is 7.30. The Balaban J connectivity index is 1.54. The van der Waals surface area contributed by atoms with E-state index in [0.717, 1.165) is 16.3 Å². The minimum absolute atomic E-state index is 0.0755. The van der Waals surface area contributed by atoms with Crippen molar-refractivity contribution in [2.45, 2.75) is 12.8 Å². The molecule has 0 aliphatic heterocycles. The van der Waals surface area contributed by atoms with Crippen LogP contribution in [-0.4, -0.2) is 28.4 Å². The molecule has 0 saturated carbocycles. The standard InChI is InChI=1S/C20H17NO4S2/c22-18(8-5-16-13-27-20(21-16)15-9-11-26-12-15)14-3-6-17(7-4-14)25-10-1-2-19(23)24/h3-9,11-13H,1-2,10H2,(H,23,24). The third-order valence-electron chi connectivity index (χ3n) is 3.64. The van der Waals surface area contributed by atoms with Crippen LogP contribution < -0.4 is 4.74 Å². The fraction of sp³-hybridized carbons (Fsp3) is 0.150. The van der Waals surface area contributed by atoms with Gasteiger partial charge in [-0.1, -0.05) is 0 Å². The zero-order valence-electron chi connectivity index (χ0n) is 14.3. The Morgan fingerprint density at radius 2 is 1.96 bits per heavy atom. The van der Waals surface area contributed by atoms with E-state index in [1.807, 2.05) is 22.2 Å². The molecule has 0 saturated heterocycles. The number of ether oxygens (including phenoxy) is 1. The highest BCUT2D eigenvalue weighted by Gasteiger charge is 2.06. The highest BCUT2D eigenvalue weighted by atomic mass is 32.1. The van der Waals surface area contributed by atoms with Crippen molar-refractivity contribution >= 4 is 40.5 Å². The summed E-state index contributed by atoms with van der Waals surface area (Å²) in [4.78, 5) is 27.2. The number of allylic oxidation sites excluding steroid dienone is 1. The van der Waals surface area contributed by atoms with Crippen LogP contribution in [0.1, 0.15) is 28.9 Å². The van der Waals surface area contributed by atoms with Crippen molar-refractivity contribution in [3.05, 3.63) is 63.8 Å². The summed E-state index contributed by atoms with van der Waals surface area (Å²) in [5, 5.41) is 15.5. The third-order valence-corrected chi connectivity index (χ3v) is 5.23. The molecule has 5 nitrogen and oxygen atoms in total. The topological polar surface area (TPSA) is 76.5 Å². The van der Waals surface area contributed by atoms with Gasteiger partial charge in [0.05, 0.1) is 12.3 Å². The molecular formula is C20H17NO4S2. The van der Waals surface area contributed by atoms with Crippen molar-refractivity contribution in [3.8, 4) is 16.3 Å². The Bertz CT molecular complexity index is 927. The Labute approximate surface area is 164 Å². The van der Waals surface area contributed by atoms with Crippen molar-refractivity contribution < 1.29 is 19.4 Å². The van der Waals surface area contributed by atoms with Gasteiger partial charge in [-0.05, 0) is 54.3 Å². The number of carboxylic acid groups (broad SMARTS) is 1. The molecule has 0 spiro atoms. The monoisotopic (exact) mass is 399 g/mol. The van der Waals surface area contributed by atoms with Crippen LogP contribution in [0.4, 0.5) is 0 Å². The SMILES string of the molecule is O=C(O)CCCOc1ccc(C(=O)C=Cc2csc(-c3ccsc3)n2)cc1. The first kappa shape index (κ1) is 19.0. The van der Waals surface area contributed by atoms with Crippen LogP contribution in [0.25, 0.3) is 16.6 Å². The van der Waals surface area contributed by atoms with Gasteiger partial charge in [0.2, 0.25) is 0 Å². The van der Waals surface area contributed by atoms with E-state index in [1.54, 1.807) is 53.0 Å². The fourth-order valence-corrected chi connectivity index (χ4v) is 3.77. The molecule has 0 fully saturated rings. The van der Waals surface area contributed by atoms with Crippen molar-refractivity contribution in [1.82, 2.24) is 4.98 Å². The number of benzene rings is 1. The molecular weight excluding hydrogens is 382 g/mol. The number of carbonyl (C=O) groups excluding carboxylic acids is 1. The van der Waals surface area contributed by atoms with E-state index in [4.69, 9.17) is 9.84 Å². The number of nitrogens with zero attached hydrogens (tertiary/aromatic N) is 1. The summed E-state index contributed by atoms with van der Waals surface area (Å²) < 4.78 is 5.46. The molecule has 0 atom stereocenters. The van der Waals surface area contributed by atoms with Crippen molar-refractivity contribution in [3.63, 3.8) is 0 Å². The first-order valence-electron chi connectivity index (χ1n) is 8.27. The maximum atomic E-state index is 12.3. The zero-order chi connectivity index (χ0) is 19.1. The molecule has 138 valence electrons. The average Bonchev–Trinajstić information content (AvgIpc) is 3.35. The summed E-state index contributed by atoms with van der Waals surface area (Å²) in [7, 11) is 0. The Morgan fingerprint density at radius 3 is 2.67 bits per heavy atom. The summed E-state index contributed by atoms with van der Waals surface area (Å²) in [6.45, 7) is 0.329. The normalized spacial score (nSPS) is 11.0. The smallest absolute Gasteiger partial charge is 0.303 e. The number of hydrogen-bond acceptors (Lipinski definition) is 6. The van der Waals surface area contributed by atoms with Gasteiger partial charge in [0.1, 0.15) is 10.8 Å². The molecule has 0 radical (unpaired) electrons. The minimum Gasteiger partial charge on any atom is -0.494 e. The number of rotatable bonds is 9. The molecule has 2 aromatic heterocycles. The van der Waals surface area contributed by atoms with Crippen LogP contribution >= 0.6 is 22.7 Å². The lowest BCUT2D eigenvalue weighted by Gasteiger charge is -2.05. The molecule has 0 amide bonds. The zero-order valence-corrected chi connectivity index (χ0v) is 16.0. The summed E-state index contributed by atoms with van der Waals surface area (Å²) in [6, 6.07) is 8.82. The molecule has 0 bridgehead atoms. The van der Waals surface area contributed by atoms with Gasteiger partial charge in [0, 0.05) is 28.3 Å². The van der Waals surface area contributed by atoms with E-state index in [0.29, 0.717) is 24.3 Å². The van der Waals surface area contributed by atoms with Gasteiger partial charge in [-0.15, -0.1) is 11.3 Å². The molecule has 7 heteroatoms. The Kier molecular flexibility index (Phi) is 6.51. The summed E-state index contributed by atoms with van der Waals surface area (Å²) >= 11 is 3.17. The lowest BCUT2D eigenvalue weighted by atomic mass is 10.1. The second kappa shape index (κ2) is 9.25. The lowest BCUT2D eigenvalue weighted by Crippen LogP contribution is -2.02. The molecule has 0 unspecified atom stereocenters. The maximum absolute atomic E-state index is 12.3. The van der Waals surface area contributed by atoms with Gasteiger partial charge in [-0.2, -0.15) is 11.3 Å². The van der Waals surface area contributed by atoms with Crippen LogP contribution in [0, 0.1) is 0 Å². The van der Waals surface area contributed by atoms with Crippen LogP contribution in [0.15, 0.2) is 52.5 Å². The van der Waals surface area contributed by atoms with E-state index in [9.17, 15) is 9.59 Å². The van der Waals surface area contributed by atoms with Gasteiger partial charge >= 0.3 is 5.97 Å². The van der Waals surface area contributed by atoms with E-state index >= 15 is 0 Å². The van der Waals surface area contributed by atoms with Gasteiger partial charge in [-0.3, -0.25) is 9.59 Å². The lowest BCUT2D eigenvalue weighted by molar-refractivity contribution is -0.137. The van der Waals surface area contributed by atoms with Gasteiger partial charge in [0.25, 0.3) is 0 Å². The Hall–Kier alpha value is -2.77. The van der Waals surface area contributed by atoms with E-state index < -0.39 is 5.97 Å². The number of carboxylic acids is 1. The van der Waals surface area contributed by atoms with Crippen molar-refractivity contribution in [1.29, 1.82) is 0 Å². The summed E-state index contributed by atoms with van der Waals surface area (Å²) in [5.74, 6) is -0.341. The average molecular weight is 399 g/mol. The Morgan fingerprint density at radius 1 is 1.15 bits per heavy atom. The van der Waals surface area contributed by atoms with Crippen LogP contribution in [-0.2, 0) is 4.79 Å². The number of hydrogen-bond donors (Lipinski definition) is 1. The molecule has 2 heterocycles. The van der Waals surface area contributed by atoms with E-state index in [-0.39, 0.29) is 12.2 Å². The second-order valence-electron chi connectivity index (χ2n) is 5.66. The van der Waals surface area contributed by atoms with Gasteiger partial charge in [0.15, 0.2) is 5.78 Å². The number of ketones is 1. The number of aromatic nitrogens is 1. The van der Waals surface area contributed by atoms with Crippen LogP contribution in [0.3, 0.4) is 0 Å². The van der Waals surface area contributed by atoms with E-state index in [1.165, 1.54) is 6.08 Å². The van der Waals surface area contributed by atoms with Crippen molar-refractivity contribution in [2.75, 3.05) is 6.61 Å². The first-order valence-corrected chi connectivity index (χ1v) is 10.1. The highest BCUT2D eigenvalue weighted by Crippen LogP contribution is 2.26.